The molecule has 102 valence electrons. The molecule has 19 heavy (non-hydrogen) atoms. The van der Waals surface area contributed by atoms with E-state index in [0.717, 1.165) is 11.3 Å². The Balaban J connectivity index is 2.07. The third-order valence-electron chi connectivity index (χ3n) is 3.20. The lowest BCUT2D eigenvalue weighted by atomic mass is 10.2. The summed E-state index contributed by atoms with van der Waals surface area (Å²) in [6.07, 6.45) is 0.353. The summed E-state index contributed by atoms with van der Waals surface area (Å²) < 4.78 is 5.10. The first kappa shape index (κ1) is 13.4. The van der Waals surface area contributed by atoms with Crippen LogP contribution >= 0.6 is 0 Å². The highest BCUT2D eigenvalue weighted by atomic mass is 16.5. The highest BCUT2D eigenvalue weighted by Crippen LogP contribution is 2.14. The van der Waals surface area contributed by atoms with Crippen LogP contribution in [0.4, 0.5) is 0 Å². The standard InChI is InChI=1S/C14H18N2O3/c1-10-14(18)16(8-7-13(17)15-10)9-11-3-5-12(19-2)6-4-11/h3-6,10H,7-9H2,1-2H3,(H,15,17). The Morgan fingerprint density at radius 1 is 1.32 bits per heavy atom. The minimum Gasteiger partial charge on any atom is -0.497 e. The molecule has 1 aromatic carbocycles. The first-order chi connectivity index (χ1) is 9.10. The first-order valence-electron chi connectivity index (χ1n) is 6.31. The summed E-state index contributed by atoms with van der Waals surface area (Å²) in [5, 5.41) is 2.68. The molecular weight excluding hydrogens is 244 g/mol. The predicted octanol–water partition coefficient (Wildman–Crippen LogP) is 0.932. The summed E-state index contributed by atoms with van der Waals surface area (Å²) in [6.45, 7) is 2.69. The molecule has 1 aliphatic heterocycles. The first-order valence-corrected chi connectivity index (χ1v) is 6.31. The summed E-state index contributed by atoms with van der Waals surface area (Å²) >= 11 is 0. The molecule has 2 amide bonds. The maximum atomic E-state index is 12.1. The molecule has 2 rings (SSSR count). The Morgan fingerprint density at radius 3 is 2.63 bits per heavy atom. The number of nitrogens with one attached hydrogen (secondary N) is 1. The van der Waals surface area contributed by atoms with Gasteiger partial charge in [0.2, 0.25) is 11.8 Å². The zero-order valence-corrected chi connectivity index (χ0v) is 11.2. The SMILES string of the molecule is COc1ccc(CN2CCC(=O)NC(C)C2=O)cc1. The van der Waals surface area contributed by atoms with Crippen molar-refractivity contribution < 1.29 is 14.3 Å². The predicted molar refractivity (Wildman–Crippen MR) is 70.6 cm³/mol. The fraction of sp³-hybridized carbons (Fsp3) is 0.429. The van der Waals surface area contributed by atoms with E-state index in [1.165, 1.54) is 0 Å². The number of hydrogen-bond donors (Lipinski definition) is 1. The largest absolute Gasteiger partial charge is 0.497 e. The number of nitrogens with zero attached hydrogens (tertiary/aromatic N) is 1. The lowest BCUT2D eigenvalue weighted by molar-refractivity contribution is -0.133. The Hall–Kier alpha value is -2.04. The van der Waals surface area contributed by atoms with Gasteiger partial charge in [0.15, 0.2) is 0 Å². The topological polar surface area (TPSA) is 58.6 Å². The van der Waals surface area contributed by atoms with Gasteiger partial charge < -0.3 is 15.0 Å². The maximum Gasteiger partial charge on any atom is 0.245 e. The fourth-order valence-electron chi connectivity index (χ4n) is 2.10. The summed E-state index contributed by atoms with van der Waals surface area (Å²) in [7, 11) is 1.62. The van der Waals surface area contributed by atoms with E-state index in [9.17, 15) is 9.59 Å². The van der Waals surface area contributed by atoms with Crippen LogP contribution < -0.4 is 10.1 Å². The number of hydrogen-bond acceptors (Lipinski definition) is 3. The van der Waals surface area contributed by atoms with E-state index in [1.54, 1.807) is 18.9 Å². The quantitative estimate of drug-likeness (QED) is 0.881. The number of carbonyl (C=O) groups excluding carboxylic acids is 2. The van der Waals surface area contributed by atoms with E-state index in [0.29, 0.717) is 19.5 Å². The zero-order valence-electron chi connectivity index (χ0n) is 11.2. The molecule has 0 radical (unpaired) electrons. The second-order valence-electron chi connectivity index (χ2n) is 4.65. The molecule has 0 saturated carbocycles. The molecule has 1 unspecified atom stereocenters. The average Bonchev–Trinajstić information content (AvgIpc) is 2.53. The highest BCUT2D eigenvalue weighted by Gasteiger charge is 2.26. The zero-order chi connectivity index (χ0) is 13.8. The van der Waals surface area contributed by atoms with Crippen LogP contribution in [0, 0.1) is 0 Å². The van der Waals surface area contributed by atoms with Crippen LogP contribution in [0.2, 0.25) is 0 Å². The van der Waals surface area contributed by atoms with Crippen LogP contribution in [-0.4, -0.2) is 36.4 Å². The van der Waals surface area contributed by atoms with Gasteiger partial charge in [0, 0.05) is 19.5 Å². The van der Waals surface area contributed by atoms with Crippen LogP contribution in [0.15, 0.2) is 24.3 Å². The number of benzene rings is 1. The van der Waals surface area contributed by atoms with Crippen molar-refractivity contribution in [1.29, 1.82) is 0 Å². The van der Waals surface area contributed by atoms with Crippen LogP contribution in [0.3, 0.4) is 0 Å². The summed E-state index contributed by atoms with van der Waals surface area (Å²) in [6, 6.07) is 7.14. The highest BCUT2D eigenvalue weighted by molar-refractivity contribution is 5.89. The van der Waals surface area contributed by atoms with Gasteiger partial charge in [-0.15, -0.1) is 0 Å². The molecule has 1 fully saturated rings. The van der Waals surface area contributed by atoms with Crippen molar-refractivity contribution >= 4 is 11.8 Å². The lowest BCUT2D eigenvalue weighted by Gasteiger charge is -2.22. The molecule has 0 bridgehead atoms. The minimum atomic E-state index is -0.451. The summed E-state index contributed by atoms with van der Waals surface area (Å²) in [5.74, 6) is 0.677. The van der Waals surface area contributed by atoms with Crippen molar-refractivity contribution in [2.75, 3.05) is 13.7 Å². The van der Waals surface area contributed by atoms with Crippen molar-refractivity contribution in [2.45, 2.75) is 25.9 Å². The third-order valence-corrected chi connectivity index (χ3v) is 3.20. The molecule has 0 aromatic heterocycles. The van der Waals surface area contributed by atoms with Gasteiger partial charge >= 0.3 is 0 Å². The number of methoxy groups -OCH3 is 1. The molecule has 5 nitrogen and oxygen atoms in total. The van der Waals surface area contributed by atoms with Crippen molar-refractivity contribution in [3.05, 3.63) is 29.8 Å². The van der Waals surface area contributed by atoms with E-state index in [2.05, 4.69) is 5.32 Å². The van der Waals surface area contributed by atoms with Crippen LogP contribution in [-0.2, 0) is 16.1 Å². The molecule has 0 spiro atoms. The van der Waals surface area contributed by atoms with Crippen molar-refractivity contribution in [3.63, 3.8) is 0 Å². The van der Waals surface area contributed by atoms with Gasteiger partial charge in [-0.1, -0.05) is 12.1 Å². The van der Waals surface area contributed by atoms with Crippen LogP contribution in [0.25, 0.3) is 0 Å². The van der Waals surface area contributed by atoms with Gasteiger partial charge in [0.05, 0.1) is 7.11 Å². The number of rotatable bonds is 3. The number of carbonyl (C=O) groups is 2. The second-order valence-corrected chi connectivity index (χ2v) is 4.65. The molecule has 1 aromatic rings. The second kappa shape index (κ2) is 5.73. The average molecular weight is 262 g/mol. The fourth-order valence-corrected chi connectivity index (χ4v) is 2.10. The molecule has 1 N–H and O–H groups in total. The molecule has 1 heterocycles. The Bertz CT molecular complexity index is 470. The van der Waals surface area contributed by atoms with Crippen LogP contribution in [0.5, 0.6) is 5.75 Å². The molecule has 1 atom stereocenters. The monoisotopic (exact) mass is 262 g/mol. The van der Waals surface area contributed by atoms with Gasteiger partial charge in [-0.2, -0.15) is 0 Å². The Labute approximate surface area is 112 Å². The number of amides is 2. The van der Waals surface area contributed by atoms with Gasteiger partial charge in [0.25, 0.3) is 0 Å². The normalized spacial score (nSPS) is 19.9. The Morgan fingerprint density at radius 2 is 2.00 bits per heavy atom. The molecule has 1 saturated heterocycles. The van der Waals surface area contributed by atoms with Gasteiger partial charge in [-0.25, -0.2) is 0 Å². The van der Waals surface area contributed by atoms with E-state index in [-0.39, 0.29) is 11.8 Å². The van der Waals surface area contributed by atoms with E-state index < -0.39 is 6.04 Å². The summed E-state index contributed by atoms with van der Waals surface area (Å²) in [5.41, 5.74) is 1.02. The molecule has 1 aliphatic rings. The smallest absolute Gasteiger partial charge is 0.245 e. The number of ether oxygens (including phenoxy) is 1. The van der Waals surface area contributed by atoms with Crippen LogP contribution in [0.1, 0.15) is 18.9 Å². The summed E-state index contributed by atoms with van der Waals surface area (Å²) in [4.78, 5) is 25.2. The Kier molecular flexibility index (Phi) is 4.04. The maximum absolute atomic E-state index is 12.1. The minimum absolute atomic E-state index is 0.0401. The van der Waals surface area contributed by atoms with E-state index in [1.807, 2.05) is 24.3 Å². The van der Waals surface area contributed by atoms with Gasteiger partial charge in [-0.3, -0.25) is 9.59 Å². The molecule has 5 heteroatoms. The molecular formula is C14H18N2O3. The van der Waals surface area contributed by atoms with Crippen molar-refractivity contribution in [3.8, 4) is 5.75 Å². The lowest BCUT2D eigenvalue weighted by Crippen LogP contribution is -2.42. The molecule has 0 aliphatic carbocycles. The van der Waals surface area contributed by atoms with Gasteiger partial charge in [-0.05, 0) is 24.6 Å². The van der Waals surface area contributed by atoms with E-state index in [4.69, 9.17) is 4.74 Å². The van der Waals surface area contributed by atoms with Crippen molar-refractivity contribution in [2.24, 2.45) is 0 Å². The van der Waals surface area contributed by atoms with Crippen molar-refractivity contribution in [1.82, 2.24) is 10.2 Å². The van der Waals surface area contributed by atoms with Gasteiger partial charge in [0.1, 0.15) is 11.8 Å². The van der Waals surface area contributed by atoms with E-state index >= 15 is 0 Å². The third kappa shape index (κ3) is 3.24.